The van der Waals surface area contributed by atoms with Crippen LogP contribution in [0, 0.1) is 5.82 Å². The lowest BCUT2D eigenvalue weighted by Crippen LogP contribution is -1.99. The molecule has 0 fully saturated rings. The molecule has 3 nitrogen and oxygen atoms in total. The minimum absolute atomic E-state index is 0.191. The van der Waals surface area contributed by atoms with Crippen LogP contribution in [0.4, 0.5) is 4.39 Å². The first-order valence-electron chi connectivity index (χ1n) is 10.4. The third kappa shape index (κ3) is 4.65. The quantitative estimate of drug-likeness (QED) is 0.386. The number of aliphatic imine (C=N–C) groups is 1. The SMILES string of the molecule is CCc1cnc2[nH]cc(CCN=C(C)c3ccc(Cc4cccc(F)c4)cc3)c2c1. The molecule has 4 rings (SSSR count). The van der Waals surface area contributed by atoms with Gasteiger partial charge in [-0.2, -0.15) is 0 Å². The Hall–Kier alpha value is -3.27. The first-order chi connectivity index (χ1) is 14.6. The zero-order valence-corrected chi connectivity index (χ0v) is 17.5. The van der Waals surface area contributed by atoms with E-state index in [4.69, 9.17) is 4.99 Å². The molecule has 0 saturated carbocycles. The molecular formula is C26H26FN3. The van der Waals surface area contributed by atoms with Gasteiger partial charge in [0.15, 0.2) is 0 Å². The summed E-state index contributed by atoms with van der Waals surface area (Å²) in [5.41, 5.74) is 7.74. The van der Waals surface area contributed by atoms with Gasteiger partial charge in [-0.25, -0.2) is 9.37 Å². The second-order valence-corrected chi connectivity index (χ2v) is 7.63. The lowest BCUT2D eigenvalue weighted by atomic mass is 10.0. The molecule has 4 aromatic rings. The van der Waals surface area contributed by atoms with Crippen LogP contribution in [0.5, 0.6) is 0 Å². The molecule has 0 amide bonds. The maximum atomic E-state index is 13.4. The summed E-state index contributed by atoms with van der Waals surface area (Å²) in [4.78, 5) is 12.5. The molecule has 0 atom stereocenters. The summed E-state index contributed by atoms with van der Waals surface area (Å²) in [6.45, 7) is 4.93. The summed E-state index contributed by atoms with van der Waals surface area (Å²) >= 11 is 0. The molecule has 2 aromatic carbocycles. The van der Waals surface area contributed by atoms with E-state index in [-0.39, 0.29) is 5.82 Å². The highest BCUT2D eigenvalue weighted by Crippen LogP contribution is 2.19. The van der Waals surface area contributed by atoms with E-state index in [2.05, 4.69) is 47.2 Å². The summed E-state index contributed by atoms with van der Waals surface area (Å²) < 4.78 is 13.4. The van der Waals surface area contributed by atoms with E-state index in [0.29, 0.717) is 0 Å². The molecule has 0 unspecified atom stereocenters. The number of aromatic amines is 1. The van der Waals surface area contributed by atoms with E-state index in [1.807, 2.05) is 25.4 Å². The average Bonchev–Trinajstić information content (AvgIpc) is 3.16. The lowest BCUT2D eigenvalue weighted by Gasteiger charge is -2.05. The molecule has 0 radical (unpaired) electrons. The lowest BCUT2D eigenvalue weighted by molar-refractivity contribution is 0.626. The molecule has 0 bridgehead atoms. The number of fused-ring (bicyclic) bond motifs is 1. The Kier molecular flexibility index (Phi) is 6.03. The third-order valence-electron chi connectivity index (χ3n) is 5.48. The Morgan fingerprint density at radius 2 is 1.87 bits per heavy atom. The topological polar surface area (TPSA) is 41.0 Å². The van der Waals surface area contributed by atoms with E-state index in [9.17, 15) is 4.39 Å². The summed E-state index contributed by atoms with van der Waals surface area (Å²) in [6, 6.07) is 17.4. The average molecular weight is 400 g/mol. The van der Waals surface area contributed by atoms with Gasteiger partial charge in [0.05, 0.1) is 0 Å². The number of pyridine rings is 1. The molecule has 2 aromatic heterocycles. The Morgan fingerprint density at radius 1 is 1.03 bits per heavy atom. The van der Waals surface area contributed by atoms with Crippen molar-refractivity contribution in [2.24, 2.45) is 4.99 Å². The van der Waals surface area contributed by atoms with Gasteiger partial charge in [-0.05, 0) is 72.2 Å². The van der Waals surface area contributed by atoms with Crippen molar-refractivity contribution in [3.63, 3.8) is 0 Å². The van der Waals surface area contributed by atoms with Crippen molar-refractivity contribution in [2.45, 2.75) is 33.1 Å². The van der Waals surface area contributed by atoms with Gasteiger partial charge in [0.1, 0.15) is 11.5 Å². The molecule has 152 valence electrons. The van der Waals surface area contributed by atoms with E-state index in [0.717, 1.165) is 53.9 Å². The Bertz CT molecular complexity index is 1170. The van der Waals surface area contributed by atoms with Gasteiger partial charge in [0.2, 0.25) is 0 Å². The van der Waals surface area contributed by atoms with E-state index < -0.39 is 0 Å². The fraction of sp³-hybridized carbons (Fsp3) is 0.231. The largest absolute Gasteiger partial charge is 0.346 e. The van der Waals surface area contributed by atoms with Gasteiger partial charge in [0, 0.05) is 30.0 Å². The number of nitrogens with zero attached hydrogens (tertiary/aromatic N) is 2. The number of aromatic nitrogens is 2. The van der Waals surface area contributed by atoms with Crippen LogP contribution in [0.15, 0.2) is 72.0 Å². The summed E-state index contributed by atoms with van der Waals surface area (Å²) in [5.74, 6) is -0.191. The maximum Gasteiger partial charge on any atom is 0.137 e. The number of benzene rings is 2. The number of halogens is 1. The van der Waals surface area contributed by atoms with Crippen molar-refractivity contribution >= 4 is 16.7 Å². The van der Waals surface area contributed by atoms with E-state index in [1.165, 1.54) is 22.6 Å². The molecular weight excluding hydrogens is 373 g/mol. The first kappa shape index (κ1) is 20.0. The molecule has 2 heterocycles. The monoisotopic (exact) mass is 399 g/mol. The molecule has 0 spiro atoms. The minimum Gasteiger partial charge on any atom is -0.346 e. The zero-order valence-electron chi connectivity index (χ0n) is 17.5. The smallest absolute Gasteiger partial charge is 0.137 e. The summed E-state index contributed by atoms with van der Waals surface area (Å²) in [7, 11) is 0. The number of hydrogen-bond donors (Lipinski definition) is 1. The Labute approximate surface area is 176 Å². The second-order valence-electron chi connectivity index (χ2n) is 7.63. The van der Waals surface area contributed by atoms with Gasteiger partial charge < -0.3 is 4.98 Å². The highest BCUT2D eigenvalue weighted by Gasteiger charge is 2.06. The zero-order chi connectivity index (χ0) is 20.9. The maximum absolute atomic E-state index is 13.4. The Morgan fingerprint density at radius 3 is 2.63 bits per heavy atom. The first-order valence-corrected chi connectivity index (χ1v) is 10.4. The van der Waals surface area contributed by atoms with E-state index in [1.54, 1.807) is 12.1 Å². The van der Waals surface area contributed by atoms with Crippen LogP contribution in [-0.4, -0.2) is 22.2 Å². The fourth-order valence-corrected chi connectivity index (χ4v) is 3.68. The van der Waals surface area contributed by atoms with Crippen LogP contribution >= 0.6 is 0 Å². The molecule has 0 aliphatic heterocycles. The van der Waals surface area contributed by atoms with Crippen LogP contribution in [0.1, 0.15) is 41.7 Å². The highest BCUT2D eigenvalue weighted by molar-refractivity contribution is 5.98. The predicted molar refractivity (Wildman–Crippen MR) is 122 cm³/mol. The van der Waals surface area contributed by atoms with Gasteiger partial charge in [0.25, 0.3) is 0 Å². The number of rotatable bonds is 7. The van der Waals surface area contributed by atoms with Crippen molar-refractivity contribution in [2.75, 3.05) is 6.54 Å². The van der Waals surface area contributed by atoms with Crippen LogP contribution in [0.25, 0.3) is 11.0 Å². The van der Waals surface area contributed by atoms with Crippen LogP contribution in [-0.2, 0) is 19.3 Å². The van der Waals surface area contributed by atoms with Crippen LogP contribution < -0.4 is 0 Å². The van der Waals surface area contributed by atoms with Crippen LogP contribution in [0.2, 0.25) is 0 Å². The molecule has 4 heteroatoms. The van der Waals surface area contributed by atoms with Crippen molar-refractivity contribution in [1.29, 1.82) is 0 Å². The van der Waals surface area contributed by atoms with Crippen molar-refractivity contribution in [3.05, 3.63) is 101 Å². The predicted octanol–water partition coefficient (Wildman–Crippen LogP) is 5.91. The number of hydrogen-bond acceptors (Lipinski definition) is 2. The van der Waals surface area contributed by atoms with Crippen LogP contribution in [0.3, 0.4) is 0 Å². The minimum atomic E-state index is -0.191. The highest BCUT2D eigenvalue weighted by atomic mass is 19.1. The second kappa shape index (κ2) is 9.04. The number of nitrogens with one attached hydrogen (secondary N) is 1. The van der Waals surface area contributed by atoms with Gasteiger partial charge >= 0.3 is 0 Å². The standard InChI is InChI=1S/C26H26FN3/c1-3-19-15-25-23(17-30-26(25)29-16-19)11-12-28-18(2)22-9-7-20(8-10-22)13-21-5-4-6-24(27)14-21/h4-10,14-17H,3,11-13H2,1-2H3,(H,29,30). The van der Waals surface area contributed by atoms with Gasteiger partial charge in [-0.1, -0.05) is 43.3 Å². The number of aryl methyl sites for hydroxylation is 1. The molecule has 1 N–H and O–H groups in total. The van der Waals surface area contributed by atoms with Crippen molar-refractivity contribution in [3.8, 4) is 0 Å². The summed E-state index contributed by atoms with van der Waals surface area (Å²) in [5, 5.41) is 1.20. The van der Waals surface area contributed by atoms with Gasteiger partial charge in [-0.3, -0.25) is 4.99 Å². The van der Waals surface area contributed by atoms with Crippen molar-refractivity contribution < 1.29 is 4.39 Å². The van der Waals surface area contributed by atoms with Crippen molar-refractivity contribution in [1.82, 2.24) is 9.97 Å². The normalized spacial score (nSPS) is 11.9. The molecule has 0 aliphatic carbocycles. The fourth-order valence-electron chi connectivity index (χ4n) is 3.68. The summed E-state index contributed by atoms with van der Waals surface area (Å²) in [6.07, 6.45) is 6.57. The molecule has 0 aliphatic rings. The number of H-pyrrole nitrogens is 1. The molecule has 0 saturated heterocycles. The molecule has 30 heavy (non-hydrogen) atoms. The van der Waals surface area contributed by atoms with E-state index >= 15 is 0 Å². The van der Waals surface area contributed by atoms with Gasteiger partial charge in [-0.15, -0.1) is 0 Å². The Balaban J connectivity index is 1.40. The third-order valence-corrected chi connectivity index (χ3v) is 5.48.